The van der Waals surface area contributed by atoms with Gasteiger partial charge in [0, 0.05) is 36.7 Å². The van der Waals surface area contributed by atoms with Crippen LogP contribution in [0.25, 0.3) is 5.57 Å². The fraction of sp³-hybridized carbons (Fsp3) is 0.571. The van der Waals surface area contributed by atoms with Crippen molar-refractivity contribution in [3.63, 3.8) is 0 Å². The van der Waals surface area contributed by atoms with Gasteiger partial charge in [0.15, 0.2) is 0 Å². The molecule has 136 valence electrons. The van der Waals surface area contributed by atoms with Crippen molar-refractivity contribution in [2.75, 3.05) is 31.1 Å². The minimum Gasteiger partial charge on any atom is -0.366 e. The molecule has 0 spiro atoms. The van der Waals surface area contributed by atoms with Crippen LogP contribution >= 0.6 is 11.8 Å². The standard InChI is InChI=1S/C21H30N2OS/c1-21(2)8-5-17(6-9-21)19-15-16(3-4-18(19)20(22)24)7-10-23-11-13-25-14-12-23/h3-5,15H,6-14H2,1-2H3,(H2,22,24). The fourth-order valence-corrected chi connectivity index (χ4v) is 4.64. The highest BCUT2D eigenvalue weighted by atomic mass is 32.2. The maximum absolute atomic E-state index is 11.9. The Morgan fingerprint density at radius 1 is 1.28 bits per heavy atom. The molecule has 2 aliphatic rings. The lowest BCUT2D eigenvalue weighted by atomic mass is 9.76. The second-order valence-corrected chi connectivity index (χ2v) is 9.27. The number of primary amides is 1. The number of allylic oxidation sites excluding steroid dienone is 2. The molecular weight excluding hydrogens is 328 g/mol. The van der Waals surface area contributed by atoms with Crippen LogP contribution in [0.5, 0.6) is 0 Å². The second kappa shape index (κ2) is 7.96. The zero-order valence-corrected chi connectivity index (χ0v) is 16.3. The molecule has 1 aromatic rings. The Morgan fingerprint density at radius 2 is 2.04 bits per heavy atom. The Balaban J connectivity index is 1.77. The number of carbonyl (C=O) groups is 1. The molecule has 2 N–H and O–H groups in total. The molecule has 4 heteroatoms. The molecule has 0 aromatic heterocycles. The second-order valence-electron chi connectivity index (χ2n) is 8.05. The van der Waals surface area contributed by atoms with Crippen molar-refractivity contribution in [3.05, 3.63) is 41.0 Å². The van der Waals surface area contributed by atoms with Crippen LogP contribution in [0, 0.1) is 5.41 Å². The van der Waals surface area contributed by atoms with E-state index in [9.17, 15) is 4.79 Å². The van der Waals surface area contributed by atoms with E-state index in [4.69, 9.17) is 5.73 Å². The van der Waals surface area contributed by atoms with Gasteiger partial charge >= 0.3 is 0 Å². The van der Waals surface area contributed by atoms with Crippen LogP contribution in [0.1, 0.15) is 54.6 Å². The van der Waals surface area contributed by atoms with Gasteiger partial charge in [0.2, 0.25) is 5.91 Å². The highest BCUT2D eigenvalue weighted by Crippen LogP contribution is 2.39. The quantitative estimate of drug-likeness (QED) is 0.866. The zero-order chi connectivity index (χ0) is 17.9. The van der Waals surface area contributed by atoms with Gasteiger partial charge in [0.1, 0.15) is 0 Å². The van der Waals surface area contributed by atoms with E-state index in [1.54, 1.807) is 0 Å². The third-order valence-corrected chi connectivity index (χ3v) is 6.43. The van der Waals surface area contributed by atoms with Crippen LogP contribution in [0.2, 0.25) is 0 Å². The van der Waals surface area contributed by atoms with Crippen LogP contribution in [-0.4, -0.2) is 41.9 Å². The fourth-order valence-electron chi connectivity index (χ4n) is 3.66. The molecule has 1 aliphatic carbocycles. The van der Waals surface area contributed by atoms with E-state index in [1.165, 1.54) is 35.7 Å². The first kappa shape index (κ1) is 18.5. The zero-order valence-electron chi connectivity index (χ0n) is 15.5. The smallest absolute Gasteiger partial charge is 0.249 e. The summed E-state index contributed by atoms with van der Waals surface area (Å²) in [6.45, 7) is 8.10. The van der Waals surface area contributed by atoms with E-state index >= 15 is 0 Å². The van der Waals surface area contributed by atoms with Gasteiger partial charge < -0.3 is 10.6 Å². The van der Waals surface area contributed by atoms with Crippen LogP contribution < -0.4 is 5.73 Å². The Kier molecular flexibility index (Phi) is 5.90. The first-order valence-electron chi connectivity index (χ1n) is 9.37. The predicted octanol–water partition coefficient (Wildman–Crippen LogP) is 3.97. The van der Waals surface area contributed by atoms with Gasteiger partial charge in [-0.15, -0.1) is 0 Å². The van der Waals surface area contributed by atoms with Crippen LogP contribution in [-0.2, 0) is 6.42 Å². The number of carbonyl (C=O) groups excluding carboxylic acids is 1. The molecule has 1 amide bonds. The lowest BCUT2D eigenvalue weighted by Crippen LogP contribution is -2.34. The SMILES string of the molecule is CC1(C)CC=C(c2cc(CCN3CCSCC3)ccc2C(N)=O)CC1. The monoisotopic (exact) mass is 358 g/mol. The van der Waals surface area contributed by atoms with Gasteiger partial charge in [-0.2, -0.15) is 11.8 Å². The van der Waals surface area contributed by atoms with Gasteiger partial charge in [-0.25, -0.2) is 0 Å². The number of benzene rings is 1. The molecule has 3 nitrogen and oxygen atoms in total. The summed E-state index contributed by atoms with van der Waals surface area (Å²) in [5.74, 6) is 2.17. The van der Waals surface area contributed by atoms with Crippen molar-refractivity contribution in [2.24, 2.45) is 11.1 Å². The molecule has 1 aromatic carbocycles. The average Bonchev–Trinajstić information content (AvgIpc) is 2.60. The molecule has 0 unspecified atom stereocenters. The van der Waals surface area contributed by atoms with Gasteiger partial charge in [0.25, 0.3) is 0 Å². The average molecular weight is 359 g/mol. The van der Waals surface area contributed by atoms with Crippen LogP contribution in [0.3, 0.4) is 0 Å². The van der Waals surface area contributed by atoms with E-state index in [2.05, 4.69) is 37.0 Å². The summed E-state index contributed by atoms with van der Waals surface area (Å²) in [4.78, 5) is 14.4. The number of hydrogen-bond acceptors (Lipinski definition) is 3. The number of nitrogens with zero attached hydrogens (tertiary/aromatic N) is 1. The van der Waals surface area contributed by atoms with Gasteiger partial charge in [-0.3, -0.25) is 4.79 Å². The first-order valence-corrected chi connectivity index (χ1v) is 10.5. The molecule has 3 rings (SSSR count). The Hall–Kier alpha value is -1.26. The lowest BCUT2D eigenvalue weighted by Gasteiger charge is -2.29. The van der Waals surface area contributed by atoms with Gasteiger partial charge in [-0.05, 0) is 53.9 Å². The van der Waals surface area contributed by atoms with Crippen molar-refractivity contribution < 1.29 is 4.79 Å². The highest BCUT2D eigenvalue weighted by molar-refractivity contribution is 7.99. The maximum atomic E-state index is 11.9. The van der Waals surface area contributed by atoms with Crippen LogP contribution in [0.15, 0.2) is 24.3 Å². The predicted molar refractivity (Wildman–Crippen MR) is 108 cm³/mol. The van der Waals surface area contributed by atoms with Crippen molar-refractivity contribution in [1.29, 1.82) is 0 Å². The molecule has 25 heavy (non-hydrogen) atoms. The Labute approximate surface area is 156 Å². The number of amides is 1. The topological polar surface area (TPSA) is 46.3 Å². The van der Waals surface area contributed by atoms with Crippen molar-refractivity contribution in [1.82, 2.24) is 4.90 Å². The number of nitrogens with two attached hydrogens (primary N) is 1. The van der Waals surface area contributed by atoms with Crippen LogP contribution in [0.4, 0.5) is 0 Å². The molecular formula is C21H30N2OS. The molecule has 1 saturated heterocycles. The third kappa shape index (κ3) is 4.89. The summed E-state index contributed by atoms with van der Waals surface area (Å²) < 4.78 is 0. The Morgan fingerprint density at radius 3 is 2.68 bits per heavy atom. The number of rotatable bonds is 5. The van der Waals surface area contributed by atoms with E-state index in [0.717, 1.165) is 37.8 Å². The van der Waals surface area contributed by atoms with E-state index in [1.807, 2.05) is 17.8 Å². The highest BCUT2D eigenvalue weighted by Gasteiger charge is 2.24. The molecule has 0 atom stereocenters. The molecule has 0 saturated carbocycles. The minimum absolute atomic E-state index is 0.319. The summed E-state index contributed by atoms with van der Waals surface area (Å²) in [6.07, 6.45) is 6.61. The molecule has 0 bridgehead atoms. The third-order valence-electron chi connectivity index (χ3n) is 5.49. The van der Waals surface area contributed by atoms with Crippen molar-refractivity contribution in [3.8, 4) is 0 Å². The minimum atomic E-state index is -0.319. The lowest BCUT2D eigenvalue weighted by molar-refractivity contribution is 0.1000. The Bertz CT molecular complexity index is 660. The molecule has 0 radical (unpaired) electrons. The largest absolute Gasteiger partial charge is 0.366 e. The van der Waals surface area contributed by atoms with Crippen molar-refractivity contribution in [2.45, 2.75) is 39.5 Å². The normalized spacial score (nSPS) is 21.0. The van der Waals surface area contributed by atoms with E-state index in [-0.39, 0.29) is 5.91 Å². The summed E-state index contributed by atoms with van der Waals surface area (Å²) in [6, 6.07) is 6.22. The van der Waals surface area contributed by atoms with E-state index < -0.39 is 0 Å². The summed E-state index contributed by atoms with van der Waals surface area (Å²) >= 11 is 2.05. The summed E-state index contributed by atoms with van der Waals surface area (Å²) in [7, 11) is 0. The van der Waals surface area contributed by atoms with Gasteiger partial charge in [0.05, 0.1) is 0 Å². The van der Waals surface area contributed by atoms with E-state index in [0.29, 0.717) is 11.0 Å². The first-order chi connectivity index (χ1) is 11.9. The summed E-state index contributed by atoms with van der Waals surface area (Å²) in [5.41, 5.74) is 10.3. The molecule has 1 fully saturated rings. The number of thioether (sulfide) groups is 1. The van der Waals surface area contributed by atoms with Gasteiger partial charge in [-0.1, -0.05) is 32.1 Å². The maximum Gasteiger partial charge on any atom is 0.249 e. The number of hydrogen-bond donors (Lipinski definition) is 1. The summed E-state index contributed by atoms with van der Waals surface area (Å²) in [5, 5.41) is 0. The molecule has 1 heterocycles. The molecule has 1 aliphatic heterocycles. The van der Waals surface area contributed by atoms with Crippen molar-refractivity contribution >= 4 is 23.2 Å².